The van der Waals surface area contributed by atoms with E-state index in [1.807, 2.05) is 0 Å². The summed E-state index contributed by atoms with van der Waals surface area (Å²) in [4.78, 5) is 20.1. The lowest BCUT2D eigenvalue weighted by Crippen LogP contribution is -2.23. The molecule has 0 N–H and O–H groups in total. The summed E-state index contributed by atoms with van der Waals surface area (Å²) in [6, 6.07) is 3.48. The summed E-state index contributed by atoms with van der Waals surface area (Å²) >= 11 is 1.71. The van der Waals surface area contributed by atoms with Crippen molar-refractivity contribution in [2.75, 3.05) is 0 Å². The monoisotopic (exact) mass is 292 g/mol. The first-order chi connectivity index (χ1) is 6.02. The highest BCUT2D eigenvalue weighted by atomic mass is 127. The molecule has 0 aliphatic rings. The van der Waals surface area contributed by atoms with E-state index in [1.165, 1.54) is 6.07 Å². The van der Waals surface area contributed by atoms with E-state index in [9.17, 15) is 20.0 Å². The van der Waals surface area contributed by atoms with Crippen LogP contribution >= 0.6 is 22.6 Å². The summed E-state index contributed by atoms with van der Waals surface area (Å²) in [6.07, 6.45) is 0. The molecule has 68 valence electrons. The Bertz CT molecular complexity index is 377. The Kier molecular flexibility index (Phi) is 2.81. The van der Waals surface area contributed by atoms with Crippen LogP contribution in [0.2, 0.25) is 0 Å². The van der Waals surface area contributed by atoms with Gasteiger partial charge in [0.05, 0.1) is 10.9 Å². The number of aromatic carboxylic acids is 1. The second-order valence-corrected chi connectivity index (χ2v) is 3.37. The van der Waals surface area contributed by atoms with E-state index in [2.05, 4.69) is 0 Å². The highest BCUT2D eigenvalue weighted by Gasteiger charge is 2.08. The van der Waals surface area contributed by atoms with Crippen molar-refractivity contribution in [3.63, 3.8) is 0 Å². The fraction of sp³-hybridized carbons (Fsp3) is 0. The fourth-order valence-electron chi connectivity index (χ4n) is 0.783. The predicted molar refractivity (Wildman–Crippen MR) is 50.1 cm³/mol. The van der Waals surface area contributed by atoms with Crippen molar-refractivity contribution in [2.24, 2.45) is 0 Å². The molecule has 0 aliphatic heterocycles. The molecule has 0 aromatic heterocycles. The molecule has 0 amide bonds. The minimum Gasteiger partial charge on any atom is -0.545 e. The number of carbonyl (C=O) groups excluding carboxylic acids is 1. The Morgan fingerprint density at radius 3 is 2.46 bits per heavy atom. The summed E-state index contributed by atoms with van der Waals surface area (Å²) in [6.45, 7) is 0. The van der Waals surface area contributed by atoms with Gasteiger partial charge in [0.15, 0.2) is 0 Å². The van der Waals surface area contributed by atoms with Gasteiger partial charge < -0.3 is 9.90 Å². The summed E-state index contributed by atoms with van der Waals surface area (Å²) in [5.41, 5.74) is -0.166. The summed E-state index contributed by atoms with van der Waals surface area (Å²) < 4.78 is 0.298. The van der Waals surface area contributed by atoms with E-state index < -0.39 is 10.9 Å². The van der Waals surface area contributed by atoms with Gasteiger partial charge in [-0.25, -0.2) is 0 Å². The zero-order chi connectivity index (χ0) is 10.0. The number of halogens is 1. The number of carboxylic acids is 1. The maximum atomic E-state index is 10.4. The van der Waals surface area contributed by atoms with Crippen LogP contribution in [0.25, 0.3) is 0 Å². The zero-order valence-corrected chi connectivity index (χ0v) is 8.35. The average Bonchev–Trinajstić information content (AvgIpc) is 2.03. The number of nitrogens with zero attached hydrogens (tertiary/aromatic N) is 1. The molecule has 0 fully saturated rings. The van der Waals surface area contributed by atoms with Gasteiger partial charge in [-0.05, 0) is 28.7 Å². The lowest BCUT2D eigenvalue weighted by molar-refractivity contribution is -0.385. The number of carbonyl (C=O) groups is 1. The van der Waals surface area contributed by atoms with Gasteiger partial charge >= 0.3 is 0 Å². The Morgan fingerprint density at radius 1 is 1.46 bits per heavy atom. The molecular formula is C7H3INO4-. The smallest absolute Gasteiger partial charge is 0.270 e. The van der Waals surface area contributed by atoms with Gasteiger partial charge in [-0.2, -0.15) is 0 Å². The van der Waals surface area contributed by atoms with Crippen LogP contribution < -0.4 is 5.11 Å². The molecule has 1 aromatic rings. The van der Waals surface area contributed by atoms with Crippen LogP contribution in [0.15, 0.2) is 18.2 Å². The Hall–Kier alpha value is -1.18. The van der Waals surface area contributed by atoms with E-state index in [4.69, 9.17) is 0 Å². The largest absolute Gasteiger partial charge is 0.545 e. The van der Waals surface area contributed by atoms with Crippen molar-refractivity contribution in [3.8, 4) is 0 Å². The van der Waals surface area contributed by atoms with Gasteiger partial charge in [0.25, 0.3) is 5.69 Å². The van der Waals surface area contributed by atoms with Crippen molar-refractivity contribution >= 4 is 34.2 Å². The SMILES string of the molecule is O=C([O-])c1ccc([N+](=O)[O-])cc1I. The van der Waals surface area contributed by atoms with Crippen molar-refractivity contribution < 1.29 is 14.8 Å². The molecule has 0 bridgehead atoms. The molecule has 1 aromatic carbocycles. The van der Waals surface area contributed by atoms with Crippen molar-refractivity contribution in [1.29, 1.82) is 0 Å². The number of hydrogen-bond acceptors (Lipinski definition) is 4. The quantitative estimate of drug-likeness (QED) is 0.453. The van der Waals surface area contributed by atoms with E-state index in [0.29, 0.717) is 3.57 Å². The first kappa shape index (κ1) is 9.90. The van der Waals surface area contributed by atoms with Crippen LogP contribution in [0.5, 0.6) is 0 Å². The van der Waals surface area contributed by atoms with Gasteiger partial charge in [-0.1, -0.05) is 0 Å². The van der Waals surface area contributed by atoms with E-state index >= 15 is 0 Å². The number of hydrogen-bond donors (Lipinski definition) is 0. The molecular weight excluding hydrogens is 289 g/mol. The third kappa shape index (κ3) is 2.14. The number of nitro benzene ring substituents is 1. The standard InChI is InChI=1S/C7H4INO4/c8-6-3-4(9(12)13)1-2-5(6)7(10)11/h1-3H,(H,10,11)/p-1. The van der Waals surface area contributed by atoms with Gasteiger partial charge in [-0.15, -0.1) is 0 Å². The van der Waals surface area contributed by atoms with Crippen molar-refractivity contribution in [3.05, 3.63) is 37.4 Å². The Labute approximate surface area is 86.7 Å². The molecule has 1 rings (SSSR count). The van der Waals surface area contributed by atoms with Crippen molar-refractivity contribution in [2.45, 2.75) is 0 Å². The molecule has 0 aliphatic carbocycles. The summed E-state index contributed by atoms with van der Waals surface area (Å²) in [5.74, 6) is -1.33. The highest BCUT2D eigenvalue weighted by Crippen LogP contribution is 2.18. The topological polar surface area (TPSA) is 83.3 Å². The fourth-order valence-corrected chi connectivity index (χ4v) is 1.50. The third-order valence-electron chi connectivity index (χ3n) is 1.38. The molecule has 0 spiro atoms. The van der Waals surface area contributed by atoms with Crippen LogP contribution in [-0.2, 0) is 0 Å². The number of non-ortho nitro benzene ring substituents is 1. The van der Waals surface area contributed by atoms with Crippen LogP contribution in [0.3, 0.4) is 0 Å². The van der Waals surface area contributed by atoms with Crippen LogP contribution in [0.1, 0.15) is 10.4 Å². The second kappa shape index (κ2) is 3.69. The van der Waals surface area contributed by atoms with Crippen LogP contribution in [0.4, 0.5) is 5.69 Å². The highest BCUT2D eigenvalue weighted by molar-refractivity contribution is 14.1. The molecule has 5 nitrogen and oxygen atoms in total. The summed E-state index contributed by atoms with van der Waals surface area (Å²) in [7, 11) is 0. The molecule has 0 saturated carbocycles. The Balaban J connectivity index is 3.20. The summed E-state index contributed by atoms with van der Waals surface area (Å²) in [5, 5.41) is 20.7. The number of rotatable bonds is 2. The van der Waals surface area contributed by atoms with Crippen molar-refractivity contribution in [1.82, 2.24) is 0 Å². The minimum absolute atomic E-state index is 0.0359. The molecule has 0 heterocycles. The van der Waals surface area contributed by atoms with E-state index in [1.54, 1.807) is 22.6 Å². The lowest BCUT2D eigenvalue weighted by Gasteiger charge is -2.03. The second-order valence-electron chi connectivity index (χ2n) is 2.21. The van der Waals surface area contributed by atoms with Gasteiger partial charge in [0.1, 0.15) is 0 Å². The molecule has 6 heteroatoms. The molecule has 13 heavy (non-hydrogen) atoms. The average molecular weight is 292 g/mol. The van der Waals surface area contributed by atoms with E-state index in [0.717, 1.165) is 12.1 Å². The number of nitro groups is 1. The minimum atomic E-state index is -1.33. The predicted octanol–water partition coefficient (Wildman–Crippen LogP) is 0.563. The van der Waals surface area contributed by atoms with Crippen LogP contribution in [0, 0.1) is 13.7 Å². The van der Waals surface area contributed by atoms with E-state index in [-0.39, 0.29) is 11.3 Å². The first-order valence-electron chi connectivity index (χ1n) is 3.17. The third-order valence-corrected chi connectivity index (χ3v) is 2.28. The lowest BCUT2D eigenvalue weighted by atomic mass is 10.2. The molecule has 0 unspecified atom stereocenters. The normalized spacial score (nSPS) is 9.62. The van der Waals surface area contributed by atoms with Gasteiger partial charge in [-0.3, -0.25) is 10.1 Å². The van der Waals surface area contributed by atoms with Gasteiger partial charge in [0.2, 0.25) is 0 Å². The molecule has 0 radical (unpaired) electrons. The number of carboxylic acid groups (broad SMARTS) is 1. The maximum Gasteiger partial charge on any atom is 0.270 e. The first-order valence-corrected chi connectivity index (χ1v) is 4.25. The zero-order valence-electron chi connectivity index (χ0n) is 6.19. The molecule has 0 atom stereocenters. The number of benzene rings is 1. The van der Waals surface area contributed by atoms with Crippen LogP contribution in [-0.4, -0.2) is 10.9 Å². The van der Waals surface area contributed by atoms with Gasteiger partial charge in [0, 0.05) is 21.3 Å². The Morgan fingerprint density at radius 2 is 2.08 bits per heavy atom. The maximum absolute atomic E-state index is 10.4. The molecule has 0 saturated heterocycles.